The predicted octanol–water partition coefficient (Wildman–Crippen LogP) is -5.00. The van der Waals surface area contributed by atoms with E-state index in [2.05, 4.69) is 10.3 Å². The van der Waals surface area contributed by atoms with E-state index in [1.165, 1.54) is 12.2 Å². The molecule has 1 rings (SSSR count). The van der Waals surface area contributed by atoms with Crippen molar-refractivity contribution in [3.8, 4) is 0 Å². The Morgan fingerprint density at radius 3 is 1.42 bits per heavy atom. The fourth-order valence-electron chi connectivity index (χ4n) is 0.619. The zero-order valence-electron chi connectivity index (χ0n) is 7.02. The molecule has 52 valence electrons. The molecule has 12 heavy (non-hydrogen) atoms. The average Bonchev–Trinajstić information content (AvgIpc) is 2.04. The van der Waals surface area contributed by atoms with Gasteiger partial charge in [-0.05, 0) is 12.2 Å². The van der Waals surface area contributed by atoms with Gasteiger partial charge in [0.1, 0.15) is 0 Å². The van der Waals surface area contributed by atoms with E-state index >= 15 is 0 Å². The normalized spacial score (nSPS) is 20.3. The predicted molar refractivity (Wildman–Crippen MR) is 39.9 cm³/mol. The van der Waals surface area contributed by atoms with Crippen molar-refractivity contribution in [2.75, 3.05) is 0 Å². The molecule has 0 saturated carbocycles. The first kappa shape index (κ1) is 14.2. The molecular weight excluding hydrogens is 146 g/mol. The van der Waals surface area contributed by atoms with Gasteiger partial charge in [0.05, 0.1) is 11.4 Å². The Morgan fingerprint density at radius 1 is 0.833 bits per heavy atom. The van der Waals surface area contributed by atoms with Crippen LogP contribution in [0, 0.1) is 10.4 Å². The van der Waals surface area contributed by atoms with Gasteiger partial charge in [-0.3, -0.25) is 0 Å². The fourth-order valence-corrected chi connectivity index (χ4v) is 0.619. The van der Waals surface area contributed by atoms with Crippen LogP contribution in [-0.2, 0) is 0 Å². The first-order valence-corrected chi connectivity index (χ1v) is 2.64. The third-order valence-corrected chi connectivity index (χ3v) is 1.08. The second-order valence-electron chi connectivity index (χ2n) is 1.67. The van der Waals surface area contributed by atoms with E-state index in [0.29, 0.717) is 0 Å². The van der Waals surface area contributed by atoms with Crippen molar-refractivity contribution >= 4 is 11.4 Å². The van der Waals surface area contributed by atoms with Crippen LogP contribution >= 0.6 is 0 Å². The van der Waals surface area contributed by atoms with Gasteiger partial charge in [-0.25, -0.2) is 0 Å². The Morgan fingerprint density at radius 2 is 1.17 bits per heavy atom. The minimum absolute atomic E-state index is 0. The van der Waals surface area contributed by atoms with Gasteiger partial charge >= 0.3 is 37.7 Å². The zero-order valence-corrected chi connectivity index (χ0v) is 7.02. The van der Waals surface area contributed by atoms with Gasteiger partial charge in [0, 0.05) is 0 Å². The molecule has 0 atom stereocenters. The van der Waals surface area contributed by atoms with Crippen LogP contribution in [0.2, 0.25) is 0 Å². The Balaban J connectivity index is 0. The molecule has 0 spiro atoms. The second-order valence-corrected chi connectivity index (χ2v) is 1.67. The third-order valence-electron chi connectivity index (χ3n) is 1.08. The molecule has 1 aliphatic rings. The van der Waals surface area contributed by atoms with Crippen molar-refractivity contribution in [3.63, 3.8) is 0 Å². The van der Waals surface area contributed by atoms with Gasteiger partial charge in [-0.2, -0.15) is 0 Å². The quantitative estimate of drug-likeness (QED) is 0.197. The van der Waals surface area contributed by atoms with E-state index in [1.807, 2.05) is 0 Å². The Labute approximate surface area is 94.1 Å². The van der Waals surface area contributed by atoms with Crippen molar-refractivity contribution in [2.24, 2.45) is 10.3 Å². The number of nitrogens with zero attached hydrogens (tertiary/aromatic N) is 2. The standard InChI is InChI=1S/C6H6N2O2.2Li/c9-7-5-3-1-2-4-6(5)8-10;;/h1-4,9-10H;;/q;2*+1/p-2/b7-5-,8-6-;;. The van der Waals surface area contributed by atoms with Crippen LogP contribution < -0.4 is 37.7 Å². The van der Waals surface area contributed by atoms with Crippen molar-refractivity contribution in [3.05, 3.63) is 34.7 Å². The molecule has 0 N–H and O–H groups in total. The summed E-state index contributed by atoms with van der Waals surface area (Å²) in [4.78, 5) is 0. The van der Waals surface area contributed by atoms with Crippen molar-refractivity contribution in [1.29, 1.82) is 0 Å². The summed E-state index contributed by atoms with van der Waals surface area (Å²) >= 11 is 0. The molecule has 0 heterocycles. The monoisotopic (exact) mass is 150 g/mol. The van der Waals surface area contributed by atoms with Gasteiger partial charge in [0.15, 0.2) is 0 Å². The van der Waals surface area contributed by atoms with Crippen LogP contribution in [0.5, 0.6) is 0 Å². The summed E-state index contributed by atoms with van der Waals surface area (Å²) in [5.41, 5.74) is 0.162. The van der Waals surface area contributed by atoms with Crippen molar-refractivity contribution in [2.45, 2.75) is 0 Å². The Kier molecular flexibility index (Phi) is 8.58. The molecular formula is C6H4Li2N2O2. The summed E-state index contributed by atoms with van der Waals surface area (Å²) in [5.74, 6) is 0. The summed E-state index contributed by atoms with van der Waals surface area (Å²) < 4.78 is 0. The Hall–Kier alpha value is -0.385. The molecule has 0 aromatic rings. The van der Waals surface area contributed by atoms with E-state index < -0.39 is 0 Å². The van der Waals surface area contributed by atoms with Gasteiger partial charge in [0.25, 0.3) is 0 Å². The fraction of sp³-hybridized carbons (Fsp3) is 0. The maximum absolute atomic E-state index is 9.94. The third kappa shape index (κ3) is 3.34. The van der Waals surface area contributed by atoms with Crippen LogP contribution in [0.4, 0.5) is 0 Å². The van der Waals surface area contributed by atoms with E-state index in [-0.39, 0.29) is 49.1 Å². The second kappa shape index (κ2) is 7.27. The molecule has 6 heteroatoms. The number of hydrogen-bond donors (Lipinski definition) is 0. The summed E-state index contributed by atoms with van der Waals surface area (Å²) in [5, 5.41) is 25.1. The smallest absolute Gasteiger partial charge is 0.791 e. The summed E-state index contributed by atoms with van der Waals surface area (Å²) in [6.07, 6.45) is 6.10. The van der Waals surface area contributed by atoms with Crippen molar-refractivity contribution < 1.29 is 37.7 Å². The number of allylic oxidation sites excluding steroid dienone is 4. The van der Waals surface area contributed by atoms with Gasteiger partial charge < -0.3 is 20.7 Å². The molecule has 0 bridgehead atoms. The minimum Gasteiger partial charge on any atom is -0.791 e. The first-order valence-electron chi connectivity index (χ1n) is 2.64. The summed E-state index contributed by atoms with van der Waals surface area (Å²) in [7, 11) is 0. The van der Waals surface area contributed by atoms with Crippen LogP contribution in [0.25, 0.3) is 0 Å². The van der Waals surface area contributed by atoms with Crippen LogP contribution in [0.15, 0.2) is 34.6 Å². The molecule has 0 aliphatic heterocycles. The molecule has 0 radical (unpaired) electrons. The molecule has 0 saturated heterocycles. The topological polar surface area (TPSA) is 70.8 Å². The van der Waals surface area contributed by atoms with Crippen molar-refractivity contribution in [1.82, 2.24) is 0 Å². The summed E-state index contributed by atoms with van der Waals surface area (Å²) in [6, 6.07) is 0. The minimum atomic E-state index is 0. The largest absolute Gasteiger partial charge is 1.00 e. The molecule has 0 aromatic carbocycles. The number of rotatable bonds is 0. The molecule has 0 amide bonds. The van der Waals surface area contributed by atoms with Gasteiger partial charge in [-0.15, -0.1) is 0 Å². The maximum atomic E-state index is 9.94. The first-order chi connectivity index (χ1) is 4.88. The maximum Gasteiger partial charge on any atom is 1.00 e. The van der Waals surface area contributed by atoms with Crippen LogP contribution in [0.3, 0.4) is 0 Å². The van der Waals surface area contributed by atoms with Crippen LogP contribution in [0.1, 0.15) is 0 Å². The molecule has 4 nitrogen and oxygen atoms in total. The molecule has 0 aromatic heterocycles. The SMILES string of the molecule is [Li+].[Li+].[O-]/N=C1/C=CC=C/C1=N/[O-]. The molecule has 1 aliphatic carbocycles. The van der Waals surface area contributed by atoms with E-state index in [1.54, 1.807) is 12.2 Å². The Bertz CT molecular complexity index is 220. The average molecular weight is 150 g/mol. The number of hydrogen-bond acceptors (Lipinski definition) is 4. The molecule has 0 unspecified atom stereocenters. The van der Waals surface area contributed by atoms with E-state index in [9.17, 15) is 10.4 Å². The zero-order chi connectivity index (χ0) is 7.40. The van der Waals surface area contributed by atoms with Crippen LogP contribution in [-0.4, -0.2) is 11.4 Å². The summed E-state index contributed by atoms with van der Waals surface area (Å²) in [6.45, 7) is 0. The molecule has 0 fully saturated rings. The van der Waals surface area contributed by atoms with Gasteiger partial charge in [-0.1, -0.05) is 12.2 Å². The van der Waals surface area contributed by atoms with E-state index in [4.69, 9.17) is 0 Å². The van der Waals surface area contributed by atoms with E-state index in [0.717, 1.165) is 0 Å². The van der Waals surface area contributed by atoms with Gasteiger partial charge in [0.2, 0.25) is 0 Å².